The molecular formula is C22H32N4O3. The largest absolute Gasteiger partial charge is 0.496 e. The molecule has 0 radical (unpaired) electrons. The van der Waals surface area contributed by atoms with Gasteiger partial charge in [-0.25, -0.2) is 4.63 Å². The zero-order chi connectivity index (χ0) is 20.8. The van der Waals surface area contributed by atoms with Crippen LogP contribution >= 0.6 is 0 Å². The lowest BCUT2D eigenvalue weighted by Gasteiger charge is -2.35. The van der Waals surface area contributed by atoms with Crippen molar-refractivity contribution in [1.29, 1.82) is 0 Å². The molecule has 0 aliphatic carbocycles. The summed E-state index contributed by atoms with van der Waals surface area (Å²) in [5, 5.41) is 7.57. The molecule has 2 heterocycles. The first kappa shape index (κ1) is 21.3. The van der Waals surface area contributed by atoms with Gasteiger partial charge in [-0.05, 0) is 55.9 Å². The lowest BCUT2D eigenvalue weighted by Crippen LogP contribution is -2.42. The van der Waals surface area contributed by atoms with Gasteiger partial charge in [-0.2, -0.15) is 0 Å². The van der Waals surface area contributed by atoms with Crippen molar-refractivity contribution in [3.63, 3.8) is 0 Å². The highest BCUT2D eigenvalue weighted by molar-refractivity contribution is 5.93. The number of piperidine rings is 1. The molecule has 1 aromatic heterocycles. The summed E-state index contributed by atoms with van der Waals surface area (Å²) in [4.78, 5) is 17.3. The number of nitrogens with zero attached hydrogens (tertiary/aromatic N) is 4. The lowest BCUT2D eigenvalue weighted by molar-refractivity contribution is 0.0652. The van der Waals surface area contributed by atoms with Gasteiger partial charge < -0.3 is 9.64 Å². The maximum Gasteiger partial charge on any atom is 0.278 e. The molecule has 7 nitrogen and oxygen atoms in total. The number of ether oxygens (including phenoxy) is 1. The monoisotopic (exact) mass is 400 g/mol. The zero-order valence-electron chi connectivity index (χ0n) is 17.9. The molecule has 2 aromatic rings. The Hall–Kier alpha value is -2.41. The van der Waals surface area contributed by atoms with Crippen LogP contribution < -0.4 is 4.74 Å². The van der Waals surface area contributed by atoms with Crippen molar-refractivity contribution >= 4 is 5.91 Å². The molecule has 1 aromatic carbocycles. The summed E-state index contributed by atoms with van der Waals surface area (Å²) >= 11 is 0. The smallest absolute Gasteiger partial charge is 0.278 e. The van der Waals surface area contributed by atoms with Crippen LogP contribution in [0.2, 0.25) is 0 Å². The van der Waals surface area contributed by atoms with Gasteiger partial charge in [-0.15, -0.1) is 0 Å². The number of hydrogen-bond acceptors (Lipinski definition) is 6. The average Bonchev–Trinajstić information content (AvgIpc) is 3.14. The number of likely N-dealkylation sites (tertiary alicyclic amines) is 1. The maximum atomic E-state index is 13.0. The Balaban J connectivity index is 1.57. The van der Waals surface area contributed by atoms with Crippen LogP contribution in [0.1, 0.15) is 48.4 Å². The molecule has 0 bridgehead atoms. The van der Waals surface area contributed by atoms with Crippen LogP contribution in [0.5, 0.6) is 5.75 Å². The van der Waals surface area contributed by atoms with E-state index in [4.69, 9.17) is 9.37 Å². The van der Waals surface area contributed by atoms with Crippen molar-refractivity contribution < 1.29 is 14.2 Å². The average molecular weight is 401 g/mol. The summed E-state index contributed by atoms with van der Waals surface area (Å²) in [5.74, 6) is 1.75. The van der Waals surface area contributed by atoms with Crippen LogP contribution in [-0.2, 0) is 6.54 Å². The second kappa shape index (κ2) is 9.87. The molecule has 1 fully saturated rings. The highest BCUT2D eigenvalue weighted by Crippen LogP contribution is 2.24. The zero-order valence-corrected chi connectivity index (χ0v) is 17.9. The number of carbonyl (C=O) groups excluding carboxylic acids is 1. The molecule has 7 heteroatoms. The highest BCUT2D eigenvalue weighted by atomic mass is 16.6. The molecule has 0 saturated carbocycles. The molecule has 0 atom stereocenters. The maximum absolute atomic E-state index is 13.0. The third-order valence-electron chi connectivity index (χ3n) is 5.50. The lowest BCUT2D eigenvalue weighted by atomic mass is 9.95. The van der Waals surface area contributed by atoms with E-state index < -0.39 is 0 Å². The summed E-state index contributed by atoms with van der Waals surface area (Å²) in [5.41, 5.74) is 2.11. The fourth-order valence-corrected chi connectivity index (χ4v) is 3.97. The normalized spacial score (nSPS) is 15.6. The number of hydrogen-bond donors (Lipinski definition) is 0. The van der Waals surface area contributed by atoms with Gasteiger partial charge in [0.25, 0.3) is 5.91 Å². The molecular weight excluding hydrogens is 368 g/mol. The van der Waals surface area contributed by atoms with Gasteiger partial charge in [0.1, 0.15) is 11.4 Å². The second-order valence-electron chi connectivity index (χ2n) is 8.33. The highest BCUT2D eigenvalue weighted by Gasteiger charge is 2.27. The summed E-state index contributed by atoms with van der Waals surface area (Å²) < 4.78 is 10.2. The van der Waals surface area contributed by atoms with Gasteiger partial charge >= 0.3 is 0 Å². The van der Waals surface area contributed by atoms with E-state index in [1.54, 1.807) is 14.0 Å². The fraction of sp³-hybridized carbons (Fsp3) is 0.591. The first-order chi connectivity index (χ1) is 14.0. The molecule has 0 N–H and O–H groups in total. The molecule has 158 valence electrons. The molecule has 1 saturated heterocycles. The van der Waals surface area contributed by atoms with Crippen LogP contribution in [0.3, 0.4) is 0 Å². The first-order valence-electron chi connectivity index (χ1n) is 10.4. The Labute approximate surface area is 173 Å². The predicted octanol–water partition coefficient (Wildman–Crippen LogP) is 3.40. The summed E-state index contributed by atoms with van der Waals surface area (Å²) in [6.45, 7) is 10.4. The van der Waals surface area contributed by atoms with Crippen LogP contribution in [-0.4, -0.2) is 59.3 Å². The van der Waals surface area contributed by atoms with E-state index in [1.165, 1.54) is 5.56 Å². The van der Waals surface area contributed by atoms with Crippen LogP contribution in [0, 0.1) is 18.8 Å². The predicted molar refractivity (Wildman–Crippen MR) is 111 cm³/mol. The van der Waals surface area contributed by atoms with Gasteiger partial charge in [-0.3, -0.25) is 9.69 Å². The molecule has 0 spiro atoms. The number of carbonyl (C=O) groups is 1. The quantitative estimate of drug-likeness (QED) is 0.676. The fourth-order valence-electron chi connectivity index (χ4n) is 3.97. The van der Waals surface area contributed by atoms with E-state index in [0.29, 0.717) is 29.8 Å². The number of rotatable bonds is 8. The van der Waals surface area contributed by atoms with E-state index >= 15 is 0 Å². The number of amides is 1. The number of para-hydroxylation sites is 1. The summed E-state index contributed by atoms with van der Waals surface area (Å²) in [7, 11) is 1.72. The van der Waals surface area contributed by atoms with Crippen molar-refractivity contribution in [3.8, 4) is 5.75 Å². The van der Waals surface area contributed by atoms with Gasteiger partial charge in [0.15, 0.2) is 5.69 Å². The minimum atomic E-state index is -0.0751. The molecule has 1 aliphatic rings. The van der Waals surface area contributed by atoms with Crippen molar-refractivity contribution in [2.45, 2.75) is 40.2 Å². The van der Waals surface area contributed by atoms with E-state index in [1.807, 2.05) is 17.0 Å². The third-order valence-corrected chi connectivity index (χ3v) is 5.50. The van der Waals surface area contributed by atoms with Crippen molar-refractivity contribution in [2.24, 2.45) is 11.8 Å². The van der Waals surface area contributed by atoms with Crippen LogP contribution in [0.15, 0.2) is 28.9 Å². The molecule has 3 rings (SSSR count). The minimum Gasteiger partial charge on any atom is -0.496 e. The minimum absolute atomic E-state index is 0.0751. The van der Waals surface area contributed by atoms with Gasteiger partial charge in [0.05, 0.1) is 7.11 Å². The molecule has 1 amide bonds. The topological polar surface area (TPSA) is 71.7 Å². The number of aryl methyl sites for hydroxylation is 1. The Morgan fingerprint density at radius 2 is 2.00 bits per heavy atom. The summed E-state index contributed by atoms with van der Waals surface area (Å²) in [6.07, 6.45) is 2.15. The number of aromatic nitrogens is 2. The van der Waals surface area contributed by atoms with Gasteiger partial charge in [0, 0.05) is 25.2 Å². The summed E-state index contributed by atoms with van der Waals surface area (Å²) in [6, 6.07) is 8.20. The molecule has 1 aliphatic heterocycles. The van der Waals surface area contributed by atoms with E-state index in [9.17, 15) is 4.79 Å². The third kappa shape index (κ3) is 5.56. The number of methoxy groups -OCH3 is 1. The van der Waals surface area contributed by atoms with Crippen molar-refractivity contribution in [2.75, 3.05) is 33.3 Å². The van der Waals surface area contributed by atoms with E-state index in [-0.39, 0.29) is 5.91 Å². The Morgan fingerprint density at radius 1 is 1.28 bits per heavy atom. The van der Waals surface area contributed by atoms with E-state index in [2.05, 4.69) is 41.2 Å². The van der Waals surface area contributed by atoms with Gasteiger partial charge in [-0.1, -0.05) is 37.2 Å². The van der Waals surface area contributed by atoms with Crippen molar-refractivity contribution in [3.05, 3.63) is 41.2 Å². The second-order valence-corrected chi connectivity index (χ2v) is 8.33. The Morgan fingerprint density at radius 3 is 2.62 bits per heavy atom. The standard InChI is InChI=1S/C22H32N4O3/c1-16(2)13-26(22(27)21-17(3)23-29-24-21)14-18-9-11-25(12-10-18)15-19-7-5-6-8-20(19)28-4/h5-8,16,18H,9-15H2,1-4H3. The Kier molecular flexibility index (Phi) is 7.25. The molecule has 29 heavy (non-hydrogen) atoms. The van der Waals surface area contributed by atoms with E-state index in [0.717, 1.165) is 44.8 Å². The number of benzene rings is 1. The SMILES string of the molecule is COc1ccccc1CN1CCC(CN(CC(C)C)C(=O)c2nonc2C)CC1. The van der Waals surface area contributed by atoms with Crippen molar-refractivity contribution in [1.82, 2.24) is 20.1 Å². The first-order valence-corrected chi connectivity index (χ1v) is 10.4. The van der Waals surface area contributed by atoms with Crippen LogP contribution in [0.4, 0.5) is 0 Å². The molecule has 0 unspecified atom stereocenters. The Bertz CT molecular complexity index is 797. The van der Waals surface area contributed by atoms with Gasteiger partial charge in [0.2, 0.25) is 0 Å². The van der Waals surface area contributed by atoms with Crippen LogP contribution in [0.25, 0.3) is 0 Å².